The number of rotatable bonds is 1. The molecule has 1 spiro atoms. The Labute approximate surface area is 194 Å². The van der Waals surface area contributed by atoms with Gasteiger partial charge in [0.2, 0.25) is 0 Å². The van der Waals surface area contributed by atoms with E-state index in [1.165, 1.54) is 24.3 Å². The molecule has 0 fully saturated rings. The van der Waals surface area contributed by atoms with Gasteiger partial charge in [-0.1, -0.05) is 12.1 Å². The van der Waals surface area contributed by atoms with Crippen LogP contribution in [0.15, 0.2) is 59.6 Å². The normalized spacial score (nSPS) is 14.4. The van der Waals surface area contributed by atoms with Gasteiger partial charge < -0.3 is 21.1 Å². The minimum atomic E-state index is -1.30. The number of carbonyl (C=O) groups excluding carboxylic acids is 1. The number of phenols is 2. The van der Waals surface area contributed by atoms with Crippen molar-refractivity contribution in [3.8, 4) is 23.0 Å². The molecule has 0 radical (unpaired) electrons. The number of isothiocyanates is 1. The van der Waals surface area contributed by atoms with E-state index in [2.05, 4.69) is 10.2 Å². The van der Waals surface area contributed by atoms with Gasteiger partial charge in [0.1, 0.15) is 23.0 Å². The van der Waals surface area contributed by atoms with Crippen molar-refractivity contribution >= 4 is 29.0 Å². The molecular formula is C21H12NNaO5S. The summed E-state index contributed by atoms with van der Waals surface area (Å²) in [6, 6.07) is 14.4. The molecule has 0 aromatic heterocycles. The Morgan fingerprint density at radius 1 is 0.966 bits per heavy atom. The van der Waals surface area contributed by atoms with Crippen LogP contribution >= 0.6 is 12.2 Å². The molecule has 29 heavy (non-hydrogen) atoms. The molecule has 2 aliphatic rings. The number of phenolic OH excluding ortho intramolecular Hbond substituents is 2. The quantitative estimate of drug-likeness (QED) is 0.272. The van der Waals surface area contributed by atoms with E-state index >= 15 is 0 Å². The van der Waals surface area contributed by atoms with Gasteiger partial charge in [-0.3, -0.25) is 0 Å². The summed E-state index contributed by atoms with van der Waals surface area (Å²) in [5.41, 5.74) is 1.04. The topological polar surface area (TPSA) is 88.4 Å². The van der Waals surface area contributed by atoms with Crippen LogP contribution in [-0.2, 0) is 10.3 Å². The Morgan fingerprint density at radius 2 is 1.59 bits per heavy atom. The molecule has 3 aromatic rings. The van der Waals surface area contributed by atoms with Crippen LogP contribution in [0.3, 0.4) is 0 Å². The summed E-state index contributed by atoms with van der Waals surface area (Å²) < 4.78 is 11.9. The van der Waals surface area contributed by atoms with Gasteiger partial charge in [0.05, 0.1) is 16.4 Å². The van der Waals surface area contributed by atoms with Crippen molar-refractivity contribution in [2.75, 3.05) is 0 Å². The molecule has 0 amide bonds. The van der Waals surface area contributed by atoms with Gasteiger partial charge >= 0.3 is 35.5 Å². The molecule has 138 valence electrons. The summed E-state index contributed by atoms with van der Waals surface area (Å²) >= 11 is 4.70. The second-order valence-corrected chi connectivity index (χ2v) is 6.62. The Hall–Kier alpha value is -2.67. The van der Waals surface area contributed by atoms with E-state index < -0.39 is 11.6 Å². The van der Waals surface area contributed by atoms with Gasteiger partial charge in [0.25, 0.3) is 0 Å². The molecule has 0 bridgehead atoms. The fourth-order valence-electron chi connectivity index (χ4n) is 3.87. The number of hydrogen-bond acceptors (Lipinski definition) is 7. The van der Waals surface area contributed by atoms with E-state index in [9.17, 15) is 15.0 Å². The molecule has 5 rings (SSSR count). The number of fused-ring (bicyclic) bond motifs is 6. The molecule has 0 atom stereocenters. The summed E-state index contributed by atoms with van der Waals surface area (Å²) in [4.78, 5) is 16.9. The van der Waals surface area contributed by atoms with Gasteiger partial charge in [-0.15, -0.1) is 0 Å². The maximum absolute atomic E-state index is 12.9. The average Bonchev–Trinajstić information content (AvgIpc) is 2.96. The van der Waals surface area contributed by atoms with Crippen LogP contribution in [0.4, 0.5) is 5.69 Å². The van der Waals surface area contributed by atoms with Crippen molar-refractivity contribution in [3.63, 3.8) is 0 Å². The molecular weight excluding hydrogens is 401 g/mol. The van der Waals surface area contributed by atoms with Crippen LogP contribution in [-0.4, -0.2) is 21.3 Å². The SMILES string of the molecule is O=C1OC2(c3ccc(O)cc3Oc3cc(O)ccc32)c2cccc(N=C=S)c21.[H-].[Na+]. The second-order valence-electron chi connectivity index (χ2n) is 6.44. The number of benzene rings is 3. The van der Waals surface area contributed by atoms with Crippen molar-refractivity contribution in [2.45, 2.75) is 5.60 Å². The van der Waals surface area contributed by atoms with Crippen LogP contribution in [0.5, 0.6) is 23.0 Å². The molecule has 0 saturated heterocycles. The Bertz CT molecular complexity index is 1190. The van der Waals surface area contributed by atoms with E-state index in [-0.39, 0.29) is 42.5 Å². The molecule has 0 saturated carbocycles. The summed E-state index contributed by atoms with van der Waals surface area (Å²) in [6.07, 6.45) is 0. The molecule has 2 aliphatic heterocycles. The fourth-order valence-corrected chi connectivity index (χ4v) is 3.97. The van der Waals surface area contributed by atoms with E-state index in [1.807, 2.05) is 0 Å². The van der Waals surface area contributed by atoms with Crippen molar-refractivity contribution in [1.82, 2.24) is 0 Å². The third kappa shape index (κ3) is 2.71. The number of ether oxygens (including phenoxy) is 2. The number of aromatic hydroxyl groups is 2. The molecule has 0 unspecified atom stereocenters. The first kappa shape index (κ1) is 19.6. The molecule has 8 heteroatoms. The minimum absolute atomic E-state index is 0. The third-order valence-electron chi connectivity index (χ3n) is 4.95. The van der Waals surface area contributed by atoms with Crippen molar-refractivity contribution in [3.05, 3.63) is 76.9 Å². The summed E-state index contributed by atoms with van der Waals surface area (Å²) in [7, 11) is 0. The zero-order valence-corrected chi connectivity index (χ0v) is 18.0. The van der Waals surface area contributed by atoms with E-state index in [0.29, 0.717) is 39.4 Å². The second kappa shape index (κ2) is 6.99. The van der Waals surface area contributed by atoms with Crippen molar-refractivity contribution < 1.29 is 55.5 Å². The molecule has 0 aliphatic carbocycles. The van der Waals surface area contributed by atoms with Crippen LogP contribution in [0.1, 0.15) is 28.5 Å². The number of esters is 1. The largest absolute Gasteiger partial charge is 1.00 e. The number of nitrogens with zero attached hydrogens (tertiary/aromatic N) is 1. The number of hydrogen-bond donors (Lipinski definition) is 2. The van der Waals surface area contributed by atoms with E-state index in [4.69, 9.17) is 21.7 Å². The third-order valence-corrected chi connectivity index (χ3v) is 5.04. The van der Waals surface area contributed by atoms with Crippen molar-refractivity contribution in [1.29, 1.82) is 0 Å². The zero-order valence-electron chi connectivity index (χ0n) is 16.2. The zero-order chi connectivity index (χ0) is 19.5. The van der Waals surface area contributed by atoms with Gasteiger partial charge in [-0.25, -0.2) is 4.79 Å². The van der Waals surface area contributed by atoms with Crippen molar-refractivity contribution in [2.24, 2.45) is 4.99 Å². The summed E-state index contributed by atoms with van der Waals surface area (Å²) in [5.74, 6) is 0.0896. The van der Waals surface area contributed by atoms with Crippen LogP contribution in [0, 0.1) is 0 Å². The fraction of sp³-hybridized carbons (Fsp3) is 0.0476. The Kier molecular flexibility index (Phi) is 4.73. The minimum Gasteiger partial charge on any atom is -1.00 e. The average molecular weight is 413 g/mol. The summed E-state index contributed by atoms with van der Waals surface area (Å²) in [5, 5.41) is 22.1. The van der Waals surface area contributed by atoms with E-state index in [1.54, 1.807) is 30.3 Å². The maximum Gasteiger partial charge on any atom is 1.00 e. The maximum atomic E-state index is 12.9. The monoisotopic (exact) mass is 413 g/mol. The molecule has 2 heterocycles. The van der Waals surface area contributed by atoms with Gasteiger partial charge in [-0.2, -0.15) is 4.99 Å². The van der Waals surface area contributed by atoms with Crippen LogP contribution in [0.25, 0.3) is 0 Å². The molecule has 6 nitrogen and oxygen atoms in total. The first-order valence-corrected chi connectivity index (χ1v) is 8.75. The van der Waals surface area contributed by atoms with E-state index in [0.717, 1.165) is 0 Å². The first-order chi connectivity index (χ1) is 13.5. The van der Waals surface area contributed by atoms with Gasteiger partial charge in [0, 0.05) is 28.8 Å². The number of thiocarbonyl (C=S) groups is 1. The Morgan fingerprint density at radius 3 is 2.17 bits per heavy atom. The molecule has 3 aromatic carbocycles. The smallest absolute Gasteiger partial charge is 1.00 e. The van der Waals surface area contributed by atoms with Gasteiger partial charge in [0.15, 0.2) is 5.60 Å². The molecule has 2 N–H and O–H groups in total. The van der Waals surface area contributed by atoms with Crippen LogP contribution in [0.2, 0.25) is 0 Å². The number of carbonyl (C=O) groups is 1. The Balaban J connectivity index is 0.00000128. The predicted molar refractivity (Wildman–Crippen MR) is 104 cm³/mol. The predicted octanol–water partition coefficient (Wildman–Crippen LogP) is 1.52. The number of aliphatic imine (C=N–C) groups is 1. The van der Waals surface area contributed by atoms with Crippen LogP contribution < -0.4 is 34.3 Å². The summed E-state index contributed by atoms with van der Waals surface area (Å²) in [6.45, 7) is 0. The first-order valence-electron chi connectivity index (χ1n) is 8.34. The van der Waals surface area contributed by atoms with Gasteiger partial charge in [-0.05, 0) is 42.5 Å². The standard InChI is InChI=1S/C21H11NO5S.Na.H/c23-11-4-6-13-17(8-11)26-18-9-12(24)5-7-14(18)21(13)15-2-1-3-16(22-10-28)19(15)20(25)27-21;;/h1-9,23-24H;;/q;+1;-1.